The van der Waals surface area contributed by atoms with Crippen molar-refractivity contribution in [1.82, 2.24) is 14.6 Å². The number of nitrogen functional groups attached to an aromatic ring is 1. The zero-order chi connectivity index (χ0) is 11.1. The third-order valence-corrected chi connectivity index (χ3v) is 4.04. The molecular formula is C10H7IN4S. The highest BCUT2D eigenvalue weighted by molar-refractivity contribution is 14.1. The molecule has 0 radical (unpaired) electrons. The van der Waals surface area contributed by atoms with Crippen molar-refractivity contribution in [3.8, 4) is 11.4 Å². The minimum absolute atomic E-state index is 0.707. The molecule has 2 N–H and O–H groups in total. The number of pyridine rings is 1. The molecule has 3 aromatic rings. The normalized spacial score (nSPS) is 11.1. The molecule has 16 heavy (non-hydrogen) atoms. The van der Waals surface area contributed by atoms with E-state index >= 15 is 0 Å². The monoisotopic (exact) mass is 342 g/mol. The van der Waals surface area contributed by atoms with Gasteiger partial charge in [0.1, 0.15) is 0 Å². The van der Waals surface area contributed by atoms with Crippen LogP contribution in [0.5, 0.6) is 0 Å². The maximum Gasteiger partial charge on any atom is 0.169 e. The summed E-state index contributed by atoms with van der Waals surface area (Å²) in [4.78, 5) is 0. The zero-order valence-corrected chi connectivity index (χ0v) is 11.1. The molecule has 0 amide bonds. The molecule has 0 aliphatic rings. The van der Waals surface area contributed by atoms with Crippen LogP contribution in [0.15, 0.2) is 29.8 Å². The molecule has 0 saturated carbocycles. The Morgan fingerprint density at radius 2 is 2.19 bits per heavy atom. The first-order chi connectivity index (χ1) is 7.74. The Balaban J connectivity index is 2.27. The molecule has 0 bridgehead atoms. The van der Waals surface area contributed by atoms with Gasteiger partial charge in [-0.05, 0) is 40.8 Å². The van der Waals surface area contributed by atoms with E-state index in [4.69, 9.17) is 5.73 Å². The van der Waals surface area contributed by atoms with Crippen molar-refractivity contribution in [3.63, 3.8) is 0 Å². The maximum atomic E-state index is 5.76. The van der Waals surface area contributed by atoms with Gasteiger partial charge in [-0.3, -0.25) is 4.40 Å². The van der Waals surface area contributed by atoms with Crippen molar-refractivity contribution in [2.75, 3.05) is 5.73 Å². The average Bonchev–Trinajstić information content (AvgIpc) is 2.83. The lowest BCUT2D eigenvalue weighted by Gasteiger charge is -1.98. The summed E-state index contributed by atoms with van der Waals surface area (Å²) in [6.07, 6.45) is 1.84. The van der Waals surface area contributed by atoms with Crippen LogP contribution in [0.4, 0.5) is 5.69 Å². The molecule has 0 saturated heterocycles. The summed E-state index contributed by atoms with van der Waals surface area (Å²) < 4.78 is 3.14. The number of fused-ring (bicyclic) bond motifs is 1. The third-order valence-electron chi connectivity index (χ3n) is 2.25. The highest BCUT2D eigenvalue weighted by atomic mass is 127. The van der Waals surface area contributed by atoms with E-state index in [1.54, 1.807) is 11.3 Å². The van der Waals surface area contributed by atoms with Crippen LogP contribution in [0.2, 0.25) is 0 Å². The van der Waals surface area contributed by atoms with Crippen LogP contribution in [0.1, 0.15) is 0 Å². The van der Waals surface area contributed by atoms with Crippen LogP contribution in [0.25, 0.3) is 17.0 Å². The number of nitrogens with two attached hydrogens (primary N) is 1. The standard InChI is InChI=1S/C10H7IN4S/c11-8-3-6(5-16-8)10-14-13-9-2-1-7(12)4-15(9)10/h1-5H,12H2. The molecule has 3 aromatic heterocycles. The Morgan fingerprint density at radius 1 is 1.31 bits per heavy atom. The lowest BCUT2D eigenvalue weighted by molar-refractivity contribution is 1.11. The second-order valence-corrected chi connectivity index (χ2v) is 6.16. The number of halogens is 1. The Kier molecular flexibility index (Phi) is 2.32. The largest absolute Gasteiger partial charge is 0.398 e. The molecule has 0 atom stereocenters. The summed E-state index contributed by atoms with van der Waals surface area (Å²) in [7, 11) is 0. The maximum absolute atomic E-state index is 5.76. The van der Waals surface area contributed by atoms with E-state index in [9.17, 15) is 0 Å². The van der Waals surface area contributed by atoms with Crippen LogP contribution >= 0.6 is 33.9 Å². The van der Waals surface area contributed by atoms with Gasteiger partial charge in [0, 0.05) is 22.8 Å². The molecule has 0 aromatic carbocycles. The van der Waals surface area contributed by atoms with Gasteiger partial charge in [-0.15, -0.1) is 21.5 Å². The number of hydrogen-bond acceptors (Lipinski definition) is 4. The highest BCUT2D eigenvalue weighted by Crippen LogP contribution is 2.25. The van der Waals surface area contributed by atoms with Gasteiger partial charge >= 0.3 is 0 Å². The van der Waals surface area contributed by atoms with Crippen molar-refractivity contribution in [3.05, 3.63) is 32.7 Å². The van der Waals surface area contributed by atoms with Crippen LogP contribution in [0, 0.1) is 2.88 Å². The summed E-state index contributed by atoms with van der Waals surface area (Å²) in [5, 5.41) is 10.4. The first kappa shape index (κ1) is 10.0. The van der Waals surface area contributed by atoms with E-state index < -0.39 is 0 Å². The van der Waals surface area contributed by atoms with Crippen LogP contribution in [0.3, 0.4) is 0 Å². The molecule has 0 aliphatic carbocycles. The van der Waals surface area contributed by atoms with Gasteiger partial charge in [0.05, 0.1) is 2.88 Å². The van der Waals surface area contributed by atoms with E-state index in [0.29, 0.717) is 5.69 Å². The summed E-state index contributed by atoms with van der Waals surface area (Å²) >= 11 is 3.98. The van der Waals surface area contributed by atoms with Gasteiger partial charge in [0.15, 0.2) is 11.5 Å². The van der Waals surface area contributed by atoms with E-state index in [1.807, 2.05) is 22.7 Å². The molecule has 80 valence electrons. The molecule has 3 heterocycles. The van der Waals surface area contributed by atoms with Gasteiger partial charge in [-0.25, -0.2) is 0 Å². The molecule has 4 nitrogen and oxygen atoms in total. The smallest absolute Gasteiger partial charge is 0.169 e. The van der Waals surface area contributed by atoms with Crippen LogP contribution in [-0.2, 0) is 0 Å². The third kappa shape index (κ3) is 1.57. The number of rotatable bonds is 1. The van der Waals surface area contributed by atoms with Gasteiger partial charge in [-0.2, -0.15) is 0 Å². The SMILES string of the molecule is Nc1ccc2nnc(-c3csc(I)c3)n2c1. The predicted molar refractivity (Wildman–Crippen MR) is 73.4 cm³/mol. The van der Waals surface area contributed by atoms with Gasteiger partial charge < -0.3 is 5.73 Å². The average molecular weight is 342 g/mol. The Labute approximate surface area is 109 Å². The Hall–Kier alpha value is -1.15. The second-order valence-electron chi connectivity index (χ2n) is 3.35. The lowest BCUT2D eigenvalue weighted by atomic mass is 10.3. The Morgan fingerprint density at radius 3 is 2.94 bits per heavy atom. The molecule has 0 aliphatic heterocycles. The summed E-state index contributed by atoms with van der Waals surface area (Å²) in [6.45, 7) is 0. The van der Waals surface area contributed by atoms with E-state index in [-0.39, 0.29) is 0 Å². The van der Waals surface area contributed by atoms with Crippen LogP contribution < -0.4 is 5.73 Å². The molecule has 3 rings (SSSR count). The van der Waals surface area contributed by atoms with Gasteiger partial charge in [0.2, 0.25) is 0 Å². The Bertz CT molecular complexity index is 658. The fourth-order valence-electron chi connectivity index (χ4n) is 1.53. The molecule has 6 heteroatoms. The van der Waals surface area contributed by atoms with Crippen molar-refractivity contribution < 1.29 is 0 Å². The number of nitrogens with zero attached hydrogens (tertiary/aromatic N) is 3. The molecule has 0 fully saturated rings. The summed E-state index contributed by atoms with van der Waals surface area (Å²) in [6, 6.07) is 5.78. The van der Waals surface area contributed by atoms with Crippen molar-refractivity contribution in [2.24, 2.45) is 0 Å². The number of anilines is 1. The minimum atomic E-state index is 0.707. The number of thiophene rings is 1. The van der Waals surface area contributed by atoms with E-state index in [1.165, 1.54) is 2.88 Å². The lowest BCUT2D eigenvalue weighted by Crippen LogP contribution is -1.92. The topological polar surface area (TPSA) is 56.2 Å². The number of aromatic nitrogens is 3. The predicted octanol–water partition coefficient (Wildman–Crippen LogP) is 2.64. The number of hydrogen-bond donors (Lipinski definition) is 1. The van der Waals surface area contributed by atoms with Gasteiger partial charge in [0.25, 0.3) is 0 Å². The summed E-state index contributed by atoms with van der Waals surface area (Å²) in [5.41, 5.74) is 8.35. The first-order valence-corrected chi connectivity index (χ1v) is 6.54. The molecule has 0 spiro atoms. The highest BCUT2D eigenvalue weighted by Gasteiger charge is 2.09. The van der Waals surface area contributed by atoms with Crippen molar-refractivity contribution in [2.45, 2.75) is 0 Å². The van der Waals surface area contributed by atoms with Crippen molar-refractivity contribution >= 4 is 45.3 Å². The molecular weight excluding hydrogens is 335 g/mol. The fourth-order valence-corrected chi connectivity index (χ4v) is 2.86. The van der Waals surface area contributed by atoms with Crippen LogP contribution in [-0.4, -0.2) is 14.6 Å². The quantitative estimate of drug-likeness (QED) is 0.692. The zero-order valence-electron chi connectivity index (χ0n) is 8.09. The second kappa shape index (κ2) is 3.70. The van der Waals surface area contributed by atoms with Crippen molar-refractivity contribution in [1.29, 1.82) is 0 Å². The minimum Gasteiger partial charge on any atom is -0.398 e. The van der Waals surface area contributed by atoms with Gasteiger partial charge in [-0.1, -0.05) is 0 Å². The first-order valence-electron chi connectivity index (χ1n) is 4.59. The summed E-state index contributed by atoms with van der Waals surface area (Å²) in [5.74, 6) is 0.835. The molecule has 0 unspecified atom stereocenters. The fraction of sp³-hybridized carbons (Fsp3) is 0. The van der Waals surface area contributed by atoms with E-state index in [0.717, 1.165) is 17.0 Å². The van der Waals surface area contributed by atoms with E-state index in [2.05, 4.69) is 44.2 Å².